The third kappa shape index (κ3) is 5.57. The number of fused-ring (bicyclic) bond motifs is 6. The van der Waals surface area contributed by atoms with E-state index < -0.39 is 0 Å². The van der Waals surface area contributed by atoms with Gasteiger partial charge in [-0.05, 0) is 84.9 Å². The van der Waals surface area contributed by atoms with E-state index in [2.05, 4.69) is 34.9 Å². The molecule has 3 aromatic heterocycles. The Morgan fingerprint density at radius 1 is 0.350 bits per heavy atom. The molecule has 0 unspecified atom stereocenters. The molecule has 10 heteroatoms. The van der Waals surface area contributed by atoms with Crippen LogP contribution in [0.2, 0.25) is 0 Å². The van der Waals surface area contributed by atoms with Crippen LogP contribution in [-0.4, -0.2) is 24.1 Å². The van der Waals surface area contributed by atoms with Crippen molar-refractivity contribution in [2.45, 2.75) is 0 Å². The molecule has 10 aromatic rings. The predicted octanol–water partition coefficient (Wildman–Crippen LogP) is 10.4. The molecular formula is C50H24N10. The molecule has 0 aliphatic rings. The molecule has 3 heterocycles. The Bertz CT molecular complexity index is 3460. The number of hydrogen-bond donors (Lipinski definition) is 0. The third-order valence-corrected chi connectivity index (χ3v) is 10.7. The van der Waals surface area contributed by atoms with E-state index in [9.17, 15) is 26.3 Å². The minimum atomic E-state index is 0.283. The lowest BCUT2D eigenvalue weighted by atomic mass is 10.0. The molecule has 60 heavy (non-hydrogen) atoms. The SMILES string of the molecule is N#Cc1ccc2c(c1)c1cc(C#N)ccc1n2-c1cc(C#N)c(-c2nc(-c3ccccc3)nc(-c3ccccc3)n2)cc1-n1c2ccc(C#N)cc2c2cc(C#N)ccc21. The number of aromatic nitrogens is 5. The Balaban J connectivity index is 1.37. The molecule has 0 bridgehead atoms. The summed E-state index contributed by atoms with van der Waals surface area (Å²) in [5.74, 6) is 1.15. The van der Waals surface area contributed by atoms with Crippen LogP contribution in [0.3, 0.4) is 0 Å². The molecular weight excluding hydrogens is 741 g/mol. The second-order valence-electron chi connectivity index (χ2n) is 14.1. The number of rotatable bonds is 5. The second kappa shape index (κ2) is 14.0. The molecule has 0 saturated carbocycles. The predicted molar refractivity (Wildman–Crippen MR) is 228 cm³/mol. The summed E-state index contributed by atoms with van der Waals surface area (Å²) >= 11 is 0. The van der Waals surface area contributed by atoms with Gasteiger partial charge in [-0.1, -0.05) is 60.7 Å². The van der Waals surface area contributed by atoms with Gasteiger partial charge in [-0.3, -0.25) is 0 Å². The smallest absolute Gasteiger partial charge is 0.165 e. The maximum atomic E-state index is 11.0. The van der Waals surface area contributed by atoms with Crippen LogP contribution in [-0.2, 0) is 0 Å². The van der Waals surface area contributed by atoms with Crippen LogP contribution in [0.5, 0.6) is 0 Å². The summed E-state index contributed by atoms with van der Waals surface area (Å²) in [7, 11) is 0. The zero-order valence-corrected chi connectivity index (χ0v) is 31.3. The topological polar surface area (TPSA) is 167 Å². The van der Waals surface area contributed by atoms with Gasteiger partial charge in [0.1, 0.15) is 0 Å². The fraction of sp³-hybridized carbons (Fsp3) is 0. The van der Waals surface area contributed by atoms with Gasteiger partial charge in [0, 0.05) is 38.2 Å². The van der Waals surface area contributed by atoms with E-state index >= 15 is 0 Å². The van der Waals surface area contributed by atoms with Crippen LogP contribution in [0.15, 0.2) is 146 Å². The Hall–Kier alpha value is -9.40. The van der Waals surface area contributed by atoms with E-state index in [1.807, 2.05) is 126 Å². The van der Waals surface area contributed by atoms with Crippen molar-refractivity contribution in [1.29, 1.82) is 26.3 Å². The van der Waals surface area contributed by atoms with E-state index in [0.29, 0.717) is 50.8 Å². The molecule has 0 aliphatic heterocycles. The molecule has 0 amide bonds. The molecule has 0 atom stereocenters. The van der Waals surface area contributed by atoms with Crippen molar-refractivity contribution < 1.29 is 0 Å². The monoisotopic (exact) mass is 764 g/mol. The highest BCUT2D eigenvalue weighted by atomic mass is 15.1. The van der Waals surface area contributed by atoms with Crippen molar-refractivity contribution >= 4 is 43.6 Å². The Morgan fingerprint density at radius 2 is 0.700 bits per heavy atom. The van der Waals surface area contributed by atoms with Crippen LogP contribution in [0, 0.1) is 56.7 Å². The van der Waals surface area contributed by atoms with Crippen LogP contribution >= 0.6 is 0 Å². The first-order valence-electron chi connectivity index (χ1n) is 18.7. The lowest BCUT2D eigenvalue weighted by Crippen LogP contribution is -2.07. The average Bonchev–Trinajstić information content (AvgIpc) is 3.82. The molecule has 0 fully saturated rings. The molecule has 10 nitrogen and oxygen atoms in total. The van der Waals surface area contributed by atoms with Gasteiger partial charge in [0.05, 0.1) is 91.6 Å². The van der Waals surface area contributed by atoms with Gasteiger partial charge >= 0.3 is 0 Å². The molecule has 0 aliphatic carbocycles. The van der Waals surface area contributed by atoms with Gasteiger partial charge in [0.15, 0.2) is 17.5 Å². The summed E-state index contributed by atoms with van der Waals surface area (Å²) < 4.78 is 4.10. The van der Waals surface area contributed by atoms with Crippen LogP contribution in [0.1, 0.15) is 27.8 Å². The zero-order valence-electron chi connectivity index (χ0n) is 31.3. The van der Waals surface area contributed by atoms with E-state index in [0.717, 1.165) is 54.7 Å². The van der Waals surface area contributed by atoms with Gasteiger partial charge in [-0.2, -0.15) is 26.3 Å². The standard InChI is InChI=1S/C50H24N10/c51-25-30-11-15-42-38(19-30)39-20-31(26-52)12-16-43(39)59(42)46-23-36(29-55)37(50-57-48(34-7-3-1-4-8-34)56-49(58-50)35-9-5-2-6-10-35)24-47(46)60-44-17-13-32(27-53)21-40(44)41-22-33(28-54)14-18-45(41)60/h1-24H. The number of benzene rings is 7. The summed E-state index contributed by atoms with van der Waals surface area (Å²) in [4.78, 5) is 14.9. The number of nitriles is 5. The van der Waals surface area contributed by atoms with E-state index in [1.54, 1.807) is 24.3 Å². The summed E-state index contributed by atoms with van der Waals surface area (Å²) in [6, 6.07) is 56.1. The fourth-order valence-electron chi connectivity index (χ4n) is 7.99. The molecule has 0 spiro atoms. The lowest BCUT2D eigenvalue weighted by molar-refractivity contribution is 1.06. The van der Waals surface area contributed by atoms with Gasteiger partial charge < -0.3 is 9.13 Å². The first-order chi connectivity index (χ1) is 29.5. The first kappa shape index (κ1) is 35.0. The van der Waals surface area contributed by atoms with Gasteiger partial charge in [-0.25, -0.2) is 15.0 Å². The second-order valence-corrected chi connectivity index (χ2v) is 14.1. The molecule has 274 valence electrons. The number of nitrogens with zero attached hydrogens (tertiary/aromatic N) is 10. The summed E-state index contributed by atoms with van der Waals surface area (Å²) in [5, 5.41) is 53.9. The summed E-state index contributed by atoms with van der Waals surface area (Å²) in [5.41, 5.74) is 8.35. The number of hydrogen-bond acceptors (Lipinski definition) is 8. The van der Waals surface area contributed by atoms with E-state index in [4.69, 9.17) is 15.0 Å². The Kier molecular flexibility index (Phi) is 8.16. The third-order valence-electron chi connectivity index (χ3n) is 10.7. The van der Waals surface area contributed by atoms with Crippen molar-refractivity contribution in [3.63, 3.8) is 0 Å². The highest BCUT2D eigenvalue weighted by Gasteiger charge is 2.25. The van der Waals surface area contributed by atoms with Crippen LogP contribution in [0.25, 0.3) is 89.2 Å². The normalized spacial score (nSPS) is 10.9. The zero-order chi connectivity index (χ0) is 40.9. The van der Waals surface area contributed by atoms with Crippen molar-refractivity contribution in [2.75, 3.05) is 0 Å². The van der Waals surface area contributed by atoms with Crippen molar-refractivity contribution in [3.05, 3.63) is 173 Å². The molecule has 0 radical (unpaired) electrons. The average molecular weight is 765 g/mol. The van der Waals surface area contributed by atoms with Crippen molar-refractivity contribution in [2.24, 2.45) is 0 Å². The maximum absolute atomic E-state index is 11.0. The fourth-order valence-corrected chi connectivity index (χ4v) is 7.99. The molecule has 10 rings (SSSR count). The highest BCUT2D eigenvalue weighted by molar-refractivity contribution is 6.12. The molecule has 0 saturated heterocycles. The Morgan fingerprint density at radius 3 is 1.05 bits per heavy atom. The lowest BCUT2D eigenvalue weighted by Gasteiger charge is -2.19. The van der Waals surface area contributed by atoms with Gasteiger partial charge in [-0.15, -0.1) is 0 Å². The molecule has 0 N–H and O–H groups in total. The minimum absolute atomic E-state index is 0.283. The van der Waals surface area contributed by atoms with E-state index in [-0.39, 0.29) is 11.4 Å². The van der Waals surface area contributed by atoms with Crippen LogP contribution < -0.4 is 0 Å². The first-order valence-corrected chi connectivity index (χ1v) is 18.7. The van der Waals surface area contributed by atoms with Gasteiger partial charge in [0.25, 0.3) is 0 Å². The van der Waals surface area contributed by atoms with Crippen molar-refractivity contribution in [1.82, 2.24) is 24.1 Å². The minimum Gasteiger partial charge on any atom is -0.307 e. The van der Waals surface area contributed by atoms with Crippen LogP contribution in [0.4, 0.5) is 0 Å². The highest BCUT2D eigenvalue weighted by Crippen LogP contribution is 2.41. The Labute approximate surface area is 342 Å². The summed E-state index contributed by atoms with van der Waals surface area (Å²) in [6.07, 6.45) is 0. The largest absolute Gasteiger partial charge is 0.307 e. The van der Waals surface area contributed by atoms with Crippen molar-refractivity contribution in [3.8, 4) is 75.9 Å². The van der Waals surface area contributed by atoms with E-state index in [1.165, 1.54) is 0 Å². The maximum Gasteiger partial charge on any atom is 0.165 e. The quantitative estimate of drug-likeness (QED) is 0.167. The van der Waals surface area contributed by atoms with Gasteiger partial charge in [0.2, 0.25) is 0 Å². The molecule has 7 aromatic carbocycles. The summed E-state index contributed by atoms with van der Waals surface area (Å²) in [6.45, 7) is 0.